The fourth-order valence-corrected chi connectivity index (χ4v) is 1.94. The van der Waals surface area contributed by atoms with E-state index in [1.165, 1.54) is 0 Å². The van der Waals surface area contributed by atoms with Gasteiger partial charge in [0.05, 0.1) is 13.2 Å². The molecular formula is C11H19N3O2. The van der Waals surface area contributed by atoms with Crippen molar-refractivity contribution in [2.45, 2.75) is 20.0 Å². The molecular weight excluding hydrogens is 206 g/mol. The molecule has 0 aromatic carbocycles. The maximum absolute atomic E-state index is 11.8. The Hall–Kier alpha value is -1.07. The van der Waals surface area contributed by atoms with Crippen LogP contribution in [0, 0.1) is 0 Å². The quantitative estimate of drug-likeness (QED) is 0.724. The van der Waals surface area contributed by atoms with Gasteiger partial charge in [-0.2, -0.15) is 0 Å². The topological polar surface area (TPSA) is 39.4 Å². The normalized spacial score (nSPS) is 17.8. The molecule has 0 atom stereocenters. The highest BCUT2D eigenvalue weighted by Crippen LogP contribution is 1.97. The Kier molecular flexibility index (Phi) is 3.79. The van der Waals surface area contributed by atoms with Crippen LogP contribution in [-0.4, -0.2) is 46.9 Å². The third kappa shape index (κ3) is 2.54. The third-order valence-corrected chi connectivity index (χ3v) is 3.02. The van der Waals surface area contributed by atoms with E-state index in [1.807, 2.05) is 19.3 Å². The Morgan fingerprint density at radius 1 is 1.19 bits per heavy atom. The van der Waals surface area contributed by atoms with Crippen LogP contribution in [0.3, 0.4) is 0 Å². The van der Waals surface area contributed by atoms with E-state index in [0.29, 0.717) is 0 Å². The van der Waals surface area contributed by atoms with Crippen LogP contribution in [0.4, 0.5) is 0 Å². The molecule has 0 aliphatic carbocycles. The van der Waals surface area contributed by atoms with Gasteiger partial charge in [0, 0.05) is 45.1 Å². The molecule has 2 heterocycles. The highest BCUT2D eigenvalue weighted by Gasteiger charge is 2.10. The largest absolute Gasteiger partial charge is 0.379 e. The molecule has 0 N–H and O–H groups in total. The van der Waals surface area contributed by atoms with Crippen molar-refractivity contribution in [2.75, 3.05) is 32.8 Å². The molecule has 1 aliphatic rings. The summed E-state index contributed by atoms with van der Waals surface area (Å²) in [6.07, 6.45) is 3.72. The minimum Gasteiger partial charge on any atom is -0.379 e. The second-order valence-electron chi connectivity index (χ2n) is 4.01. The number of morpholine rings is 1. The molecule has 1 aromatic heterocycles. The Bertz CT molecular complexity index is 377. The van der Waals surface area contributed by atoms with Crippen molar-refractivity contribution in [1.29, 1.82) is 0 Å². The van der Waals surface area contributed by atoms with Gasteiger partial charge in [0.2, 0.25) is 0 Å². The van der Waals surface area contributed by atoms with Crippen LogP contribution in [0.15, 0.2) is 17.2 Å². The molecule has 16 heavy (non-hydrogen) atoms. The van der Waals surface area contributed by atoms with Crippen molar-refractivity contribution in [2.24, 2.45) is 0 Å². The van der Waals surface area contributed by atoms with Crippen molar-refractivity contribution in [3.8, 4) is 0 Å². The summed E-state index contributed by atoms with van der Waals surface area (Å²) < 4.78 is 8.78. The van der Waals surface area contributed by atoms with E-state index in [0.717, 1.165) is 45.9 Å². The minimum absolute atomic E-state index is 0.0933. The second-order valence-corrected chi connectivity index (χ2v) is 4.01. The first kappa shape index (κ1) is 11.4. The van der Waals surface area contributed by atoms with Gasteiger partial charge in [0.15, 0.2) is 0 Å². The molecule has 5 heteroatoms. The number of aryl methyl sites for hydroxylation is 1. The van der Waals surface area contributed by atoms with E-state index in [9.17, 15) is 4.79 Å². The highest BCUT2D eigenvalue weighted by atomic mass is 16.5. The Morgan fingerprint density at radius 2 is 1.88 bits per heavy atom. The number of aromatic nitrogens is 2. The molecule has 1 aliphatic heterocycles. The number of hydrogen-bond acceptors (Lipinski definition) is 3. The lowest BCUT2D eigenvalue weighted by Crippen LogP contribution is -2.39. The van der Waals surface area contributed by atoms with Crippen molar-refractivity contribution < 1.29 is 4.74 Å². The van der Waals surface area contributed by atoms with Crippen molar-refractivity contribution in [3.63, 3.8) is 0 Å². The molecule has 0 saturated carbocycles. The van der Waals surface area contributed by atoms with Gasteiger partial charge in [-0.05, 0) is 6.92 Å². The van der Waals surface area contributed by atoms with Gasteiger partial charge in [-0.25, -0.2) is 4.79 Å². The Morgan fingerprint density at radius 3 is 2.50 bits per heavy atom. The van der Waals surface area contributed by atoms with E-state index in [4.69, 9.17) is 4.74 Å². The third-order valence-electron chi connectivity index (χ3n) is 3.02. The van der Waals surface area contributed by atoms with E-state index in [-0.39, 0.29) is 5.69 Å². The highest BCUT2D eigenvalue weighted by molar-refractivity contribution is 4.81. The molecule has 5 nitrogen and oxygen atoms in total. The number of hydrogen-bond donors (Lipinski definition) is 0. The summed E-state index contributed by atoms with van der Waals surface area (Å²) in [4.78, 5) is 14.1. The molecule has 0 bridgehead atoms. The summed E-state index contributed by atoms with van der Waals surface area (Å²) in [6.45, 7) is 7.99. The van der Waals surface area contributed by atoms with Gasteiger partial charge in [0.1, 0.15) is 0 Å². The number of rotatable bonds is 4. The van der Waals surface area contributed by atoms with Crippen LogP contribution in [0.25, 0.3) is 0 Å². The molecule has 0 radical (unpaired) electrons. The van der Waals surface area contributed by atoms with Gasteiger partial charge in [-0.1, -0.05) is 0 Å². The van der Waals surface area contributed by atoms with Crippen LogP contribution in [0.5, 0.6) is 0 Å². The minimum atomic E-state index is 0.0933. The smallest absolute Gasteiger partial charge is 0.328 e. The monoisotopic (exact) mass is 225 g/mol. The summed E-state index contributed by atoms with van der Waals surface area (Å²) in [5, 5.41) is 0. The second kappa shape index (κ2) is 5.32. The first-order valence-corrected chi connectivity index (χ1v) is 5.87. The average Bonchev–Trinajstić information content (AvgIpc) is 2.69. The fourth-order valence-electron chi connectivity index (χ4n) is 1.94. The number of ether oxygens (including phenoxy) is 1. The van der Waals surface area contributed by atoms with Gasteiger partial charge in [-0.15, -0.1) is 0 Å². The van der Waals surface area contributed by atoms with E-state index in [2.05, 4.69) is 4.90 Å². The predicted molar refractivity (Wildman–Crippen MR) is 61.6 cm³/mol. The van der Waals surface area contributed by atoms with Gasteiger partial charge in [-0.3, -0.25) is 14.0 Å². The molecule has 0 amide bonds. The molecule has 1 aromatic rings. The lowest BCUT2D eigenvalue weighted by Gasteiger charge is -2.26. The first-order valence-electron chi connectivity index (χ1n) is 5.87. The van der Waals surface area contributed by atoms with Gasteiger partial charge < -0.3 is 4.74 Å². The Balaban J connectivity index is 1.88. The molecule has 0 unspecified atom stereocenters. The van der Waals surface area contributed by atoms with Crippen molar-refractivity contribution >= 4 is 0 Å². The van der Waals surface area contributed by atoms with E-state index < -0.39 is 0 Å². The zero-order valence-corrected chi connectivity index (χ0v) is 9.76. The first-order chi connectivity index (χ1) is 7.81. The zero-order valence-electron chi connectivity index (χ0n) is 9.76. The summed E-state index contributed by atoms with van der Waals surface area (Å²) in [6, 6.07) is 0. The Labute approximate surface area is 95.2 Å². The molecule has 2 rings (SSSR count). The zero-order chi connectivity index (χ0) is 11.4. The van der Waals surface area contributed by atoms with E-state index >= 15 is 0 Å². The van der Waals surface area contributed by atoms with Gasteiger partial charge in [0.25, 0.3) is 0 Å². The molecule has 1 saturated heterocycles. The maximum Gasteiger partial charge on any atom is 0.328 e. The summed E-state index contributed by atoms with van der Waals surface area (Å²) in [5.74, 6) is 0. The lowest BCUT2D eigenvalue weighted by molar-refractivity contribution is 0.0362. The number of imidazole rings is 1. The van der Waals surface area contributed by atoms with Crippen molar-refractivity contribution in [3.05, 3.63) is 22.9 Å². The van der Waals surface area contributed by atoms with Crippen LogP contribution in [-0.2, 0) is 17.8 Å². The van der Waals surface area contributed by atoms with Crippen LogP contribution < -0.4 is 5.69 Å². The predicted octanol–water partition coefficient (Wildman–Crippen LogP) is 0.00190. The molecule has 90 valence electrons. The fraction of sp³-hybridized carbons (Fsp3) is 0.727. The molecule has 1 fully saturated rings. The van der Waals surface area contributed by atoms with Crippen LogP contribution in [0.1, 0.15) is 6.92 Å². The SMILES string of the molecule is CCn1ccn(CCN2CCOCC2)c1=O. The summed E-state index contributed by atoms with van der Waals surface area (Å²) in [7, 11) is 0. The van der Waals surface area contributed by atoms with Crippen LogP contribution in [0.2, 0.25) is 0 Å². The number of nitrogens with zero attached hydrogens (tertiary/aromatic N) is 3. The lowest BCUT2D eigenvalue weighted by atomic mass is 10.4. The van der Waals surface area contributed by atoms with Gasteiger partial charge >= 0.3 is 5.69 Å². The van der Waals surface area contributed by atoms with E-state index in [1.54, 1.807) is 9.13 Å². The summed E-state index contributed by atoms with van der Waals surface area (Å²) >= 11 is 0. The van der Waals surface area contributed by atoms with Crippen LogP contribution >= 0.6 is 0 Å². The summed E-state index contributed by atoms with van der Waals surface area (Å²) in [5.41, 5.74) is 0.0933. The van der Waals surface area contributed by atoms with Crippen molar-refractivity contribution in [1.82, 2.24) is 14.0 Å². The standard InChI is InChI=1S/C11H19N3O2/c1-2-13-5-6-14(11(13)15)4-3-12-7-9-16-10-8-12/h5-6H,2-4,7-10H2,1H3. The average molecular weight is 225 g/mol. The maximum atomic E-state index is 11.8. The molecule has 0 spiro atoms.